The van der Waals surface area contributed by atoms with Gasteiger partial charge in [0.1, 0.15) is 17.3 Å². The van der Waals surface area contributed by atoms with Crippen LogP contribution in [0.25, 0.3) is 0 Å². The molecule has 0 aliphatic heterocycles. The molecule has 0 aliphatic rings. The lowest BCUT2D eigenvalue weighted by Gasteiger charge is -2.26. The number of halogens is 2. The number of nitrogens with zero attached hydrogens (tertiary/aromatic N) is 1. The quantitative estimate of drug-likeness (QED) is 0.685. The summed E-state index contributed by atoms with van der Waals surface area (Å²) < 4.78 is 28.7. The molecular weight excluding hydrogens is 270 g/mol. The summed E-state index contributed by atoms with van der Waals surface area (Å²) >= 11 is 0. The second-order valence-electron chi connectivity index (χ2n) is 5.38. The second-order valence-corrected chi connectivity index (χ2v) is 5.38. The van der Waals surface area contributed by atoms with Crippen molar-refractivity contribution in [3.05, 3.63) is 29.3 Å². The van der Waals surface area contributed by atoms with E-state index in [0.717, 1.165) is 32.2 Å². The van der Waals surface area contributed by atoms with Gasteiger partial charge in [0, 0.05) is 19.6 Å². The topological polar surface area (TPSA) is 15.3 Å². The minimum Gasteiger partial charge on any atom is -0.367 e. The third kappa shape index (κ3) is 5.62. The molecule has 0 heterocycles. The van der Waals surface area contributed by atoms with Gasteiger partial charge in [0.05, 0.1) is 0 Å². The van der Waals surface area contributed by atoms with Crippen molar-refractivity contribution in [3.8, 4) is 0 Å². The maximum atomic E-state index is 14.3. The summed E-state index contributed by atoms with van der Waals surface area (Å²) in [4.78, 5) is 1.86. The largest absolute Gasteiger partial charge is 0.367 e. The lowest BCUT2D eigenvalue weighted by atomic mass is 10.1. The Labute approximate surface area is 127 Å². The third-order valence-electron chi connectivity index (χ3n) is 3.54. The first-order chi connectivity index (χ1) is 10.1. The van der Waals surface area contributed by atoms with E-state index in [1.807, 2.05) is 11.8 Å². The molecule has 4 heteroatoms. The van der Waals surface area contributed by atoms with E-state index < -0.39 is 11.6 Å². The van der Waals surface area contributed by atoms with Crippen molar-refractivity contribution in [2.75, 3.05) is 24.5 Å². The molecule has 120 valence electrons. The summed E-state index contributed by atoms with van der Waals surface area (Å²) in [5, 5.41) is 3.09. The van der Waals surface area contributed by atoms with E-state index in [9.17, 15) is 8.78 Å². The van der Waals surface area contributed by atoms with Crippen LogP contribution in [0.4, 0.5) is 14.5 Å². The zero-order valence-corrected chi connectivity index (χ0v) is 13.5. The molecular formula is C17H28F2N2. The Morgan fingerprint density at radius 1 is 0.952 bits per heavy atom. The lowest BCUT2D eigenvalue weighted by Crippen LogP contribution is -2.28. The molecule has 0 aliphatic carbocycles. The van der Waals surface area contributed by atoms with Gasteiger partial charge in [-0.15, -0.1) is 0 Å². The van der Waals surface area contributed by atoms with Crippen LogP contribution in [-0.4, -0.2) is 19.6 Å². The van der Waals surface area contributed by atoms with Gasteiger partial charge in [-0.2, -0.15) is 0 Å². The maximum Gasteiger partial charge on any atom is 0.149 e. The van der Waals surface area contributed by atoms with Crippen molar-refractivity contribution in [2.24, 2.45) is 0 Å². The number of hydrogen-bond acceptors (Lipinski definition) is 2. The number of rotatable bonds is 10. The van der Waals surface area contributed by atoms with Gasteiger partial charge in [0.25, 0.3) is 0 Å². The van der Waals surface area contributed by atoms with Gasteiger partial charge >= 0.3 is 0 Å². The van der Waals surface area contributed by atoms with E-state index in [2.05, 4.69) is 19.2 Å². The van der Waals surface area contributed by atoms with E-state index >= 15 is 0 Å². The molecule has 0 spiro atoms. The Morgan fingerprint density at radius 3 is 1.90 bits per heavy atom. The molecule has 0 saturated heterocycles. The van der Waals surface area contributed by atoms with E-state index in [1.165, 1.54) is 12.1 Å². The number of benzene rings is 1. The lowest BCUT2D eigenvalue weighted by molar-refractivity contribution is 0.556. The normalized spacial score (nSPS) is 10.9. The van der Waals surface area contributed by atoms with Gasteiger partial charge in [-0.1, -0.05) is 33.6 Å². The van der Waals surface area contributed by atoms with Crippen molar-refractivity contribution in [1.82, 2.24) is 5.32 Å². The maximum absolute atomic E-state index is 14.3. The fourth-order valence-electron chi connectivity index (χ4n) is 2.32. The molecule has 0 fully saturated rings. The number of anilines is 1. The van der Waals surface area contributed by atoms with Gasteiger partial charge in [0.15, 0.2) is 0 Å². The van der Waals surface area contributed by atoms with Gasteiger partial charge in [-0.3, -0.25) is 0 Å². The molecule has 0 saturated carbocycles. The first-order valence-electron chi connectivity index (χ1n) is 8.07. The number of unbranched alkanes of at least 4 members (excludes halogenated alkanes) is 2. The molecule has 1 aromatic carbocycles. The Bertz CT molecular complexity index is 390. The summed E-state index contributed by atoms with van der Waals surface area (Å²) in [5.74, 6) is -0.898. The van der Waals surface area contributed by atoms with Crippen LogP contribution in [0.5, 0.6) is 0 Å². The minimum atomic E-state index is -0.449. The van der Waals surface area contributed by atoms with Crippen LogP contribution < -0.4 is 10.2 Å². The van der Waals surface area contributed by atoms with Gasteiger partial charge in [0.2, 0.25) is 0 Å². The average Bonchev–Trinajstić information content (AvgIpc) is 2.46. The SMILES string of the molecule is CCCCN(CCCC)c1c(F)cc(CNCC)cc1F. The van der Waals surface area contributed by atoms with Crippen LogP contribution in [0.15, 0.2) is 12.1 Å². The predicted molar refractivity (Wildman–Crippen MR) is 85.8 cm³/mol. The average molecular weight is 298 g/mol. The summed E-state index contributed by atoms with van der Waals surface area (Å²) in [6, 6.07) is 2.90. The number of nitrogens with one attached hydrogen (secondary N) is 1. The van der Waals surface area contributed by atoms with Gasteiger partial charge in [-0.25, -0.2) is 8.78 Å². The molecule has 21 heavy (non-hydrogen) atoms. The Morgan fingerprint density at radius 2 is 1.48 bits per heavy atom. The van der Waals surface area contributed by atoms with Crippen LogP contribution in [0, 0.1) is 11.6 Å². The standard InChI is InChI=1S/C17H28F2N2/c1-4-7-9-21(10-8-5-2)17-15(18)11-14(12-16(17)19)13-20-6-3/h11-12,20H,4-10,13H2,1-3H3. The zero-order valence-electron chi connectivity index (χ0n) is 13.5. The summed E-state index contributed by atoms with van der Waals surface area (Å²) in [5.41, 5.74) is 0.790. The molecule has 0 bridgehead atoms. The molecule has 1 rings (SSSR count). The van der Waals surface area contributed by atoms with Crippen molar-refractivity contribution in [3.63, 3.8) is 0 Å². The van der Waals surface area contributed by atoms with Crippen molar-refractivity contribution in [2.45, 2.75) is 53.0 Å². The monoisotopic (exact) mass is 298 g/mol. The molecule has 1 aromatic rings. The van der Waals surface area contributed by atoms with E-state index in [0.29, 0.717) is 25.2 Å². The Balaban J connectivity index is 2.95. The molecule has 0 aromatic heterocycles. The van der Waals surface area contributed by atoms with Crippen LogP contribution in [0.3, 0.4) is 0 Å². The first-order valence-corrected chi connectivity index (χ1v) is 8.07. The van der Waals surface area contributed by atoms with Crippen LogP contribution >= 0.6 is 0 Å². The highest BCUT2D eigenvalue weighted by molar-refractivity contribution is 5.50. The van der Waals surface area contributed by atoms with E-state index in [1.54, 1.807) is 0 Å². The van der Waals surface area contributed by atoms with Crippen molar-refractivity contribution >= 4 is 5.69 Å². The summed E-state index contributed by atoms with van der Waals surface area (Å²) in [6.07, 6.45) is 3.93. The summed E-state index contributed by atoms with van der Waals surface area (Å²) in [6.45, 7) is 8.83. The van der Waals surface area contributed by atoms with E-state index in [4.69, 9.17) is 0 Å². The van der Waals surface area contributed by atoms with Crippen LogP contribution in [-0.2, 0) is 6.54 Å². The van der Waals surface area contributed by atoms with Crippen LogP contribution in [0.1, 0.15) is 52.0 Å². The van der Waals surface area contributed by atoms with Crippen LogP contribution in [0.2, 0.25) is 0 Å². The molecule has 0 amide bonds. The highest BCUT2D eigenvalue weighted by Gasteiger charge is 2.17. The highest BCUT2D eigenvalue weighted by Crippen LogP contribution is 2.26. The minimum absolute atomic E-state index is 0.136. The van der Waals surface area contributed by atoms with Crippen molar-refractivity contribution < 1.29 is 8.78 Å². The van der Waals surface area contributed by atoms with Crippen molar-refractivity contribution in [1.29, 1.82) is 0 Å². The van der Waals surface area contributed by atoms with E-state index in [-0.39, 0.29) is 5.69 Å². The third-order valence-corrected chi connectivity index (χ3v) is 3.54. The fourth-order valence-corrected chi connectivity index (χ4v) is 2.32. The molecule has 0 atom stereocenters. The first kappa shape index (κ1) is 17.9. The summed E-state index contributed by atoms with van der Waals surface area (Å²) in [7, 11) is 0. The fraction of sp³-hybridized carbons (Fsp3) is 0.647. The highest BCUT2D eigenvalue weighted by atomic mass is 19.1. The Hall–Kier alpha value is -1.16. The molecule has 0 radical (unpaired) electrons. The molecule has 0 unspecified atom stereocenters. The molecule has 2 nitrogen and oxygen atoms in total. The molecule has 1 N–H and O–H groups in total. The zero-order chi connectivity index (χ0) is 15.7. The second kappa shape index (κ2) is 9.72. The Kier molecular flexibility index (Phi) is 8.28. The number of hydrogen-bond donors (Lipinski definition) is 1. The van der Waals surface area contributed by atoms with Gasteiger partial charge < -0.3 is 10.2 Å². The predicted octanol–water partition coefficient (Wildman–Crippen LogP) is 4.48. The van der Waals surface area contributed by atoms with Gasteiger partial charge in [-0.05, 0) is 37.1 Å². The smallest absolute Gasteiger partial charge is 0.149 e.